The lowest BCUT2D eigenvalue weighted by molar-refractivity contribution is -0.140. The Labute approximate surface area is 82.9 Å². The Bertz CT molecular complexity index is 405. The number of allylic oxidation sites excluding steroid dienone is 2. The number of sulfone groups is 1. The lowest BCUT2D eigenvalue weighted by atomic mass is 9.89. The lowest BCUT2D eigenvalue weighted by Crippen LogP contribution is -2.44. The SMILES string of the molecule is CC1(S(C)(=O)=O)C=CC=CC1C(=O)O. The number of aliphatic carboxylic acids is 1. The van der Waals surface area contributed by atoms with E-state index in [4.69, 9.17) is 5.11 Å². The molecule has 0 fully saturated rings. The summed E-state index contributed by atoms with van der Waals surface area (Å²) in [6.07, 6.45) is 6.96. The second kappa shape index (κ2) is 3.24. The molecule has 1 N–H and O–H groups in total. The molecule has 0 spiro atoms. The van der Waals surface area contributed by atoms with Crippen molar-refractivity contribution in [3.05, 3.63) is 24.3 Å². The van der Waals surface area contributed by atoms with E-state index in [1.807, 2.05) is 0 Å². The highest BCUT2D eigenvalue weighted by molar-refractivity contribution is 7.92. The van der Waals surface area contributed by atoms with Crippen LogP contribution in [0, 0.1) is 5.92 Å². The second-order valence-electron chi connectivity index (χ2n) is 3.52. The Morgan fingerprint density at radius 2 is 2.00 bits per heavy atom. The quantitative estimate of drug-likeness (QED) is 0.734. The van der Waals surface area contributed by atoms with Crippen molar-refractivity contribution in [1.29, 1.82) is 0 Å². The number of hydrogen-bond acceptors (Lipinski definition) is 3. The van der Waals surface area contributed by atoms with Gasteiger partial charge in [0.15, 0.2) is 9.84 Å². The van der Waals surface area contributed by atoms with Crippen LogP contribution in [0.25, 0.3) is 0 Å². The van der Waals surface area contributed by atoms with E-state index in [0.29, 0.717) is 0 Å². The van der Waals surface area contributed by atoms with Crippen LogP contribution >= 0.6 is 0 Å². The van der Waals surface area contributed by atoms with E-state index < -0.39 is 26.5 Å². The highest BCUT2D eigenvalue weighted by Gasteiger charge is 2.44. The van der Waals surface area contributed by atoms with Crippen molar-refractivity contribution >= 4 is 15.8 Å². The highest BCUT2D eigenvalue weighted by atomic mass is 32.2. The third kappa shape index (κ3) is 1.59. The van der Waals surface area contributed by atoms with Crippen LogP contribution in [-0.4, -0.2) is 30.5 Å². The maximum absolute atomic E-state index is 11.5. The first-order chi connectivity index (χ1) is 6.29. The van der Waals surface area contributed by atoms with Gasteiger partial charge in [-0.2, -0.15) is 0 Å². The van der Waals surface area contributed by atoms with E-state index in [0.717, 1.165) is 6.26 Å². The van der Waals surface area contributed by atoms with Gasteiger partial charge in [0, 0.05) is 6.26 Å². The van der Waals surface area contributed by atoms with Crippen molar-refractivity contribution in [2.75, 3.05) is 6.26 Å². The van der Waals surface area contributed by atoms with Crippen LogP contribution in [0.3, 0.4) is 0 Å². The molecule has 0 saturated heterocycles. The van der Waals surface area contributed by atoms with Crippen molar-refractivity contribution in [2.24, 2.45) is 5.92 Å². The van der Waals surface area contributed by atoms with Gasteiger partial charge >= 0.3 is 5.97 Å². The first-order valence-corrected chi connectivity index (χ1v) is 5.96. The molecule has 0 aromatic rings. The summed E-state index contributed by atoms with van der Waals surface area (Å²) in [7, 11) is -3.44. The van der Waals surface area contributed by atoms with E-state index in [1.165, 1.54) is 19.1 Å². The van der Waals surface area contributed by atoms with Crippen LogP contribution in [0.15, 0.2) is 24.3 Å². The molecule has 2 atom stereocenters. The summed E-state index contributed by atoms with van der Waals surface area (Å²) in [5, 5.41) is 8.89. The zero-order valence-electron chi connectivity index (χ0n) is 7.97. The summed E-state index contributed by atoms with van der Waals surface area (Å²) < 4.78 is 21.6. The van der Waals surface area contributed by atoms with Crippen LogP contribution in [0.1, 0.15) is 6.92 Å². The van der Waals surface area contributed by atoms with Crippen LogP contribution < -0.4 is 0 Å². The van der Waals surface area contributed by atoms with Crippen LogP contribution in [-0.2, 0) is 14.6 Å². The minimum absolute atomic E-state index is 1.01. The Morgan fingerprint density at radius 1 is 1.43 bits per heavy atom. The van der Waals surface area contributed by atoms with Crippen LogP contribution in [0.2, 0.25) is 0 Å². The molecule has 0 saturated carbocycles. The molecule has 0 aliphatic heterocycles. The van der Waals surface area contributed by atoms with Crippen molar-refractivity contribution in [1.82, 2.24) is 0 Å². The van der Waals surface area contributed by atoms with Gasteiger partial charge in [0.25, 0.3) is 0 Å². The number of carboxylic acids is 1. The summed E-state index contributed by atoms with van der Waals surface area (Å²) in [6, 6.07) is 0. The summed E-state index contributed by atoms with van der Waals surface area (Å²) >= 11 is 0. The lowest BCUT2D eigenvalue weighted by Gasteiger charge is -2.30. The molecule has 1 aliphatic carbocycles. The van der Waals surface area contributed by atoms with Gasteiger partial charge in [0.1, 0.15) is 4.75 Å². The predicted octanol–water partition coefficient (Wildman–Crippen LogP) is 0.617. The molecule has 5 heteroatoms. The Balaban J connectivity index is 3.27. The van der Waals surface area contributed by atoms with Crippen molar-refractivity contribution in [3.8, 4) is 0 Å². The van der Waals surface area contributed by atoms with Crippen molar-refractivity contribution in [2.45, 2.75) is 11.7 Å². The molecule has 2 unspecified atom stereocenters. The summed E-state index contributed by atoms with van der Waals surface area (Å²) in [6.45, 7) is 1.42. The normalized spacial score (nSPS) is 31.7. The first-order valence-electron chi connectivity index (χ1n) is 4.07. The van der Waals surface area contributed by atoms with Gasteiger partial charge < -0.3 is 5.11 Å². The van der Waals surface area contributed by atoms with Gasteiger partial charge in [0.2, 0.25) is 0 Å². The smallest absolute Gasteiger partial charge is 0.312 e. The molecular formula is C9H12O4S. The number of carbonyl (C=O) groups is 1. The predicted molar refractivity (Wildman–Crippen MR) is 52.7 cm³/mol. The highest BCUT2D eigenvalue weighted by Crippen LogP contribution is 2.31. The minimum Gasteiger partial charge on any atom is -0.481 e. The Kier molecular flexibility index (Phi) is 2.54. The van der Waals surface area contributed by atoms with Gasteiger partial charge in [0.05, 0.1) is 5.92 Å². The maximum atomic E-state index is 11.5. The largest absolute Gasteiger partial charge is 0.481 e. The van der Waals surface area contributed by atoms with Gasteiger partial charge in [-0.25, -0.2) is 8.42 Å². The summed E-state index contributed by atoms with van der Waals surface area (Å²) in [5.74, 6) is -2.14. The molecule has 1 aliphatic rings. The van der Waals surface area contributed by atoms with E-state index in [2.05, 4.69) is 0 Å². The molecule has 4 nitrogen and oxygen atoms in total. The molecule has 0 amide bonds. The molecule has 0 aromatic carbocycles. The molecular weight excluding hydrogens is 204 g/mol. The third-order valence-electron chi connectivity index (χ3n) is 2.52. The summed E-state index contributed by atoms with van der Waals surface area (Å²) in [4.78, 5) is 10.9. The van der Waals surface area contributed by atoms with E-state index in [9.17, 15) is 13.2 Å². The van der Waals surface area contributed by atoms with Crippen LogP contribution in [0.4, 0.5) is 0 Å². The molecule has 0 aromatic heterocycles. The van der Waals surface area contributed by atoms with E-state index >= 15 is 0 Å². The fourth-order valence-corrected chi connectivity index (χ4v) is 2.36. The molecule has 78 valence electrons. The average molecular weight is 216 g/mol. The van der Waals surface area contributed by atoms with Gasteiger partial charge in [-0.15, -0.1) is 0 Å². The zero-order valence-corrected chi connectivity index (χ0v) is 8.78. The Hall–Kier alpha value is -1.10. The summed E-state index contributed by atoms with van der Waals surface area (Å²) in [5.41, 5.74) is 0. The monoisotopic (exact) mass is 216 g/mol. The zero-order chi connectivity index (χ0) is 11.0. The first kappa shape index (κ1) is 11.0. The number of hydrogen-bond donors (Lipinski definition) is 1. The fraction of sp³-hybridized carbons (Fsp3) is 0.444. The van der Waals surface area contributed by atoms with E-state index in [1.54, 1.807) is 12.2 Å². The Morgan fingerprint density at radius 3 is 2.36 bits per heavy atom. The molecule has 0 bridgehead atoms. The third-order valence-corrected chi connectivity index (χ3v) is 4.51. The maximum Gasteiger partial charge on any atom is 0.312 e. The molecule has 0 radical (unpaired) electrons. The van der Waals surface area contributed by atoms with Crippen molar-refractivity contribution < 1.29 is 18.3 Å². The van der Waals surface area contributed by atoms with Gasteiger partial charge in [-0.05, 0) is 6.92 Å². The standard InChI is InChI=1S/C9H12O4S/c1-9(14(2,12)13)6-4-3-5-7(9)8(10)11/h3-7H,1-2H3,(H,10,11). The van der Waals surface area contributed by atoms with Crippen LogP contribution in [0.5, 0.6) is 0 Å². The topological polar surface area (TPSA) is 71.4 Å². The average Bonchev–Trinajstić information content (AvgIpc) is 2.02. The molecule has 14 heavy (non-hydrogen) atoms. The number of carboxylic acid groups (broad SMARTS) is 1. The van der Waals surface area contributed by atoms with Crippen molar-refractivity contribution in [3.63, 3.8) is 0 Å². The molecule has 0 heterocycles. The van der Waals surface area contributed by atoms with Gasteiger partial charge in [-0.1, -0.05) is 24.3 Å². The fourth-order valence-electron chi connectivity index (χ4n) is 1.40. The van der Waals surface area contributed by atoms with Gasteiger partial charge in [-0.3, -0.25) is 4.79 Å². The molecule has 1 rings (SSSR count). The number of rotatable bonds is 2. The second-order valence-corrected chi connectivity index (χ2v) is 5.94. The van der Waals surface area contributed by atoms with E-state index in [-0.39, 0.29) is 0 Å². The minimum atomic E-state index is -3.44.